The Balaban J connectivity index is 1.51. The molecule has 3 aliphatic carbocycles. The fourth-order valence-electron chi connectivity index (χ4n) is 9.71. The van der Waals surface area contributed by atoms with Crippen LogP contribution in [-0.2, 0) is 21.0 Å². The van der Waals surface area contributed by atoms with E-state index in [0.29, 0.717) is 38.4 Å². The van der Waals surface area contributed by atoms with Gasteiger partial charge in [-0.15, -0.1) is 6.58 Å². The Morgan fingerprint density at radius 3 is 2.45 bits per heavy atom. The van der Waals surface area contributed by atoms with Crippen molar-refractivity contribution in [3.63, 3.8) is 0 Å². The van der Waals surface area contributed by atoms with Crippen LogP contribution < -0.4 is 9.47 Å². The molecule has 0 radical (unpaired) electrons. The van der Waals surface area contributed by atoms with E-state index in [1.54, 1.807) is 12.2 Å². The largest absolute Gasteiger partial charge is 0.490 e. The minimum absolute atomic E-state index is 0.0757. The van der Waals surface area contributed by atoms with Crippen LogP contribution in [-0.4, -0.2) is 72.0 Å². The number of nitrogens with zero attached hydrogens (tertiary/aromatic N) is 2. The Labute approximate surface area is 328 Å². The molecule has 2 fully saturated rings. The van der Waals surface area contributed by atoms with Gasteiger partial charge in [0.25, 0.3) is 0 Å². The van der Waals surface area contributed by atoms with Gasteiger partial charge in [0.1, 0.15) is 30.8 Å². The van der Waals surface area contributed by atoms with Crippen LogP contribution in [0.3, 0.4) is 0 Å². The Morgan fingerprint density at radius 2 is 1.73 bits per heavy atom. The van der Waals surface area contributed by atoms with Gasteiger partial charge in [-0.25, -0.2) is 0 Å². The number of hydrogen-bond acceptors (Lipinski definition) is 8. The number of carbonyl (C=O) groups excluding carboxylic acids is 1. The van der Waals surface area contributed by atoms with E-state index in [4.69, 9.17) is 24.2 Å². The topological polar surface area (TPSA) is 110 Å². The lowest BCUT2D eigenvalue weighted by molar-refractivity contribution is -0.255. The monoisotopic (exact) mass is 754 g/mol. The summed E-state index contributed by atoms with van der Waals surface area (Å²) in [6.45, 7) is 9.09. The summed E-state index contributed by atoms with van der Waals surface area (Å²) < 4.78 is 20.4. The number of aliphatic hydroxyl groups excluding tert-OH is 2. The van der Waals surface area contributed by atoms with Gasteiger partial charge in [0.2, 0.25) is 11.7 Å². The van der Waals surface area contributed by atoms with Gasteiger partial charge >= 0.3 is 0 Å². The molecule has 4 aliphatic rings. The van der Waals surface area contributed by atoms with Crippen molar-refractivity contribution in [2.24, 2.45) is 28.8 Å². The Hall–Kier alpha value is -3.92. The first-order valence-electron chi connectivity index (χ1n) is 20.7. The number of amides is 1. The van der Waals surface area contributed by atoms with Crippen LogP contribution >= 0.6 is 0 Å². The first kappa shape index (κ1) is 40.7. The van der Waals surface area contributed by atoms with E-state index in [2.05, 4.69) is 25.3 Å². The van der Waals surface area contributed by atoms with Crippen molar-refractivity contribution >= 4 is 11.6 Å². The van der Waals surface area contributed by atoms with Gasteiger partial charge < -0.3 is 34.2 Å². The number of ether oxygens (including phenoxy) is 3. The highest BCUT2D eigenvalue weighted by molar-refractivity contribution is 6.03. The number of aliphatic hydroxyl groups is 2. The molecule has 6 rings (SSSR count). The summed E-state index contributed by atoms with van der Waals surface area (Å²) >= 11 is 0. The highest BCUT2D eigenvalue weighted by Gasteiger charge is 2.65. The standard InChI is InChI=1S/C46H62N2O7/c1-4-27-52-36-22-23-41-39(30-36)44-37(20-12-14-26-50)35(19-11-13-25-49)29-38-40(47-54-32-34-17-7-6-8-18-34)31-42(46(55-41,45(38)44)53-28-5-2)48(3)43(51)24-21-33-15-9-10-16-33/h4-8,17-18,22-23,29-30,33,35,37,42,44-45,49-50H,1-2,9-16,19-21,24-28,31-32H2,3H3. The van der Waals surface area contributed by atoms with Gasteiger partial charge in [0.15, 0.2) is 0 Å². The first-order valence-corrected chi connectivity index (χ1v) is 20.7. The van der Waals surface area contributed by atoms with Crippen molar-refractivity contribution in [2.45, 2.75) is 108 Å². The fourth-order valence-corrected chi connectivity index (χ4v) is 9.71. The van der Waals surface area contributed by atoms with Crippen LogP contribution in [0.5, 0.6) is 11.5 Å². The van der Waals surface area contributed by atoms with E-state index in [9.17, 15) is 15.0 Å². The number of rotatable bonds is 21. The maximum absolute atomic E-state index is 14.3. The van der Waals surface area contributed by atoms with Gasteiger partial charge in [0, 0.05) is 44.6 Å². The van der Waals surface area contributed by atoms with Crippen molar-refractivity contribution < 1.29 is 34.1 Å². The van der Waals surface area contributed by atoms with E-state index >= 15 is 0 Å². The molecule has 1 amide bonds. The summed E-state index contributed by atoms with van der Waals surface area (Å²) in [4.78, 5) is 22.4. The Kier molecular flexibility index (Phi) is 14.7. The lowest BCUT2D eigenvalue weighted by Gasteiger charge is -2.59. The van der Waals surface area contributed by atoms with Gasteiger partial charge in [-0.1, -0.05) is 98.8 Å². The average molecular weight is 755 g/mol. The number of fused-ring (bicyclic) bond motifs is 2. The van der Waals surface area contributed by atoms with Crippen LogP contribution in [0.2, 0.25) is 0 Å². The second kappa shape index (κ2) is 19.8. The average Bonchev–Trinajstić information content (AvgIpc) is 3.74. The number of carbonyl (C=O) groups is 1. The molecule has 0 spiro atoms. The maximum Gasteiger partial charge on any atom is 0.239 e. The van der Waals surface area contributed by atoms with Crippen LogP contribution in [0.25, 0.3) is 0 Å². The van der Waals surface area contributed by atoms with Crippen molar-refractivity contribution in [1.82, 2.24) is 4.90 Å². The molecule has 0 aromatic heterocycles. The zero-order valence-electron chi connectivity index (χ0n) is 32.8. The second-order valence-corrected chi connectivity index (χ2v) is 15.8. The molecule has 0 saturated heterocycles. The summed E-state index contributed by atoms with van der Waals surface area (Å²) in [5.41, 5.74) is 3.89. The molecular formula is C46H62N2O7. The normalized spacial score (nSPS) is 26.3. The first-order chi connectivity index (χ1) is 26.9. The Bertz CT molecular complexity index is 1640. The van der Waals surface area contributed by atoms with E-state index in [0.717, 1.165) is 72.4 Å². The molecule has 2 N–H and O–H groups in total. The number of unbranched alkanes of at least 4 members (excludes halogenated alkanes) is 2. The predicted octanol–water partition coefficient (Wildman–Crippen LogP) is 8.51. The number of likely N-dealkylation sites (N-methyl/N-ethyl adjacent to an activating group) is 1. The zero-order valence-corrected chi connectivity index (χ0v) is 32.8. The van der Waals surface area contributed by atoms with Crippen LogP contribution in [0.15, 0.2) is 90.6 Å². The quantitative estimate of drug-likeness (QED) is 0.0747. The van der Waals surface area contributed by atoms with E-state index < -0.39 is 11.8 Å². The van der Waals surface area contributed by atoms with Gasteiger partial charge in [-0.2, -0.15) is 0 Å². The lowest BCUT2D eigenvalue weighted by atomic mass is 9.55. The Morgan fingerprint density at radius 1 is 0.982 bits per heavy atom. The third kappa shape index (κ3) is 9.38. The molecule has 6 atom stereocenters. The number of benzene rings is 2. The molecule has 1 aliphatic heterocycles. The SMILES string of the molecule is C=CCOc1ccc2c(c1)C1C(CCCCO)C(CCCCO)C=C3C(=NOCc4ccccc4)CC(N(C)C(=O)CCC4CCCC4)C(OCC=C)(O2)C31. The van der Waals surface area contributed by atoms with Gasteiger partial charge in [-0.05, 0) is 79.2 Å². The third-order valence-corrected chi connectivity index (χ3v) is 12.4. The summed E-state index contributed by atoms with van der Waals surface area (Å²) in [6.07, 6.45) is 17.4. The summed E-state index contributed by atoms with van der Waals surface area (Å²) in [7, 11) is 1.90. The summed E-state index contributed by atoms with van der Waals surface area (Å²) in [5.74, 6) is 0.740. The van der Waals surface area contributed by atoms with Crippen molar-refractivity contribution in [3.8, 4) is 11.5 Å². The molecule has 298 valence electrons. The van der Waals surface area contributed by atoms with E-state index in [-0.39, 0.29) is 49.4 Å². The molecule has 9 nitrogen and oxygen atoms in total. The highest BCUT2D eigenvalue weighted by atomic mass is 16.7. The summed E-state index contributed by atoms with van der Waals surface area (Å²) in [5, 5.41) is 24.6. The van der Waals surface area contributed by atoms with Gasteiger partial charge in [-0.3, -0.25) is 4.79 Å². The van der Waals surface area contributed by atoms with Crippen molar-refractivity contribution in [2.75, 3.05) is 33.5 Å². The molecule has 0 bridgehead atoms. The zero-order chi connectivity index (χ0) is 38.6. The van der Waals surface area contributed by atoms with E-state index in [1.807, 2.05) is 54.4 Å². The molecule has 1 heterocycles. The number of oxime groups is 1. The second-order valence-electron chi connectivity index (χ2n) is 15.8. The van der Waals surface area contributed by atoms with Crippen LogP contribution in [0.4, 0.5) is 0 Å². The third-order valence-electron chi connectivity index (χ3n) is 12.4. The number of allylic oxidation sites excluding steroid dienone is 1. The predicted molar refractivity (Wildman–Crippen MR) is 216 cm³/mol. The summed E-state index contributed by atoms with van der Waals surface area (Å²) in [6, 6.07) is 15.5. The lowest BCUT2D eigenvalue weighted by Crippen LogP contribution is -2.69. The molecule has 55 heavy (non-hydrogen) atoms. The van der Waals surface area contributed by atoms with Crippen LogP contribution in [0.1, 0.15) is 101 Å². The molecule has 2 saturated carbocycles. The highest BCUT2D eigenvalue weighted by Crippen LogP contribution is 2.61. The van der Waals surface area contributed by atoms with Gasteiger partial charge in [0.05, 0.1) is 18.2 Å². The molecule has 2 aromatic rings. The van der Waals surface area contributed by atoms with Crippen molar-refractivity contribution in [1.29, 1.82) is 0 Å². The van der Waals surface area contributed by atoms with Crippen LogP contribution in [0, 0.1) is 23.7 Å². The fraction of sp³-hybridized carbons (Fsp3) is 0.565. The molecule has 9 heteroatoms. The smallest absolute Gasteiger partial charge is 0.239 e. The van der Waals surface area contributed by atoms with Crippen molar-refractivity contribution in [3.05, 3.63) is 96.6 Å². The molecular weight excluding hydrogens is 693 g/mol. The maximum atomic E-state index is 14.3. The number of hydrogen-bond donors (Lipinski definition) is 2. The molecule has 6 unspecified atom stereocenters. The minimum Gasteiger partial charge on any atom is -0.490 e. The van der Waals surface area contributed by atoms with E-state index in [1.165, 1.54) is 25.7 Å². The minimum atomic E-state index is -1.25. The molecule has 2 aromatic carbocycles.